The maximum absolute atomic E-state index is 12.6. The largest absolute Gasteiger partial charge is 0.377 e. The summed E-state index contributed by atoms with van der Waals surface area (Å²) < 4.78 is 5.71. The fourth-order valence-corrected chi connectivity index (χ4v) is 2.90. The first-order valence-corrected chi connectivity index (χ1v) is 7.51. The van der Waals surface area contributed by atoms with Gasteiger partial charge in [-0.1, -0.05) is 19.1 Å². The van der Waals surface area contributed by atoms with Crippen LogP contribution in [0.2, 0.25) is 0 Å². The number of rotatable bonds is 4. The minimum Gasteiger partial charge on any atom is -0.377 e. The molecule has 0 N–H and O–H groups in total. The third-order valence-corrected chi connectivity index (χ3v) is 4.01. The first-order chi connectivity index (χ1) is 10.2. The van der Waals surface area contributed by atoms with E-state index in [1.54, 1.807) is 11.0 Å². The summed E-state index contributed by atoms with van der Waals surface area (Å²) in [5, 5.41) is 8.93. The predicted octanol–water partition coefficient (Wildman–Crippen LogP) is 2.72. The Bertz CT molecular complexity index is 536. The lowest BCUT2D eigenvalue weighted by Crippen LogP contribution is -2.41. The first-order valence-electron chi connectivity index (χ1n) is 7.51. The summed E-state index contributed by atoms with van der Waals surface area (Å²) in [6.45, 7) is 3.35. The van der Waals surface area contributed by atoms with Crippen molar-refractivity contribution in [1.82, 2.24) is 4.90 Å². The second kappa shape index (κ2) is 7.24. The molecule has 1 aromatic rings. The van der Waals surface area contributed by atoms with Gasteiger partial charge in [0.2, 0.25) is 5.91 Å². The van der Waals surface area contributed by atoms with Crippen molar-refractivity contribution in [3.05, 3.63) is 35.4 Å². The molecule has 2 atom stereocenters. The highest BCUT2D eigenvalue weighted by Gasteiger charge is 2.32. The molecule has 21 heavy (non-hydrogen) atoms. The Balaban J connectivity index is 2.03. The van der Waals surface area contributed by atoms with Crippen molar-refractivity contribution >= 4 is 5.91 Å². The van der Waals surface area contributed by atoms with E-state index in [0.717, 1.165) is 31.4 Å². The number of carbonyl (C=O) groups excluding carboxylic acids is 1. The van der Waals surface area contributed by atoms with Crippen LogP contribution in [0.25, 0.3) is 0 Å². The highest BCUT2D eigenvalue weighted by molar-refractivity contribution is 5.79. The average molecular weight is 286 g/mol. The molecule has 0 radical (unpaired) electrons. The van der Waals surface area contributed by atoms with Crippen LogP contribution in [0, 0.1) is 17.2 Å². The number of hydrogen-bond donors (Lipinski definition) is 0. The van der Waals surface area contributed by atoms with Gasteiger partial charge >= 0.3 is 0 Å². The molecule has 112 valence electrons. The summed E-state index contributed by atoms with van der Waals surface area (Å²) in [7, 11) is 1.82. The van der Waals surface area contributed by atoms with Gasteiger partial charge in [-0.05, 0) is 37.0 Å². The van der Waals surface area contributed by atoms with E-state index in [1.807, 2.05) is 25.2 Å². The summed E-state index contributed by atoms with van der Waals surface area (Å²) in [5.74, 6) is 0.108. The summed E-state index contributed by atoms with van der Waals surface area (Å²) in [6, 6.07) is 9.52. The van der Waals surface area contributed by atoms with Crippen LogP contribution in [0.4, 0.5) is 0 Å². The zero-order valence-corrected chi connectivity index (χ0v) is 12.7. The fraction of sp³-hybridized carbons (Fsp3) is 0.529. The predicted molar refractivity (Wildman–Crippen MR) is 80.4 cm³/mol. The highest BCUT2D eigenvalue weighted by Crippen LogP contribution is 2.25. The molecular formula is C17H22N2O2. The van der Waals surface area contributed by atoms with Gasteiger partial charge in [-0.25, -0.2) is 0 Å². The SMILES string of the molecule is CCC1OCCCC1C(=O)N(C)Cc1cccc(C#N)c1. The number of benzene rings is 1. The van der Waals surface area contributed by atoms with Gasteiger partial charge in [0, 0.05) is 20.2 Å². The summed E-state index contributed by atoms with van der Waals surface area (Å²) in [4.78, 5) is 14.4. The van der Waals surface area contributed by atoms with E-state index in [9.17, 15) is 4.79 Å². The number of carbonyl (C=O) groups is 1. The molecule has 4 heteroatoms. The lowest BCUT2D eigenvalue weighted by Gasteiger charge is -2.33. The van der Waals surface area contributed by atoms with Gasteiger partial charge in [-0.2, -0.15) is 5.26 Å². The second-order valence-corrected chi connectivity index (χ2v) is 5.57. The molecule has 2 unspecified atom stereocenters. The van der Waals surface area contributed by atoms with Crippen LogP contribution in [0.5, 0.6) is 0 Å². The monoisotopic (exact) mass is 286 g/mol. The van der Waals surface area contributed by atoms with Crippen LogP contribution < -0.4 is 0 Å². The van der Waals surface area contributed by atoms with E-state index in [4.69, 9.17) is 10.00 Å². The van der Waals surface area contributed by atoms with Gasteiger partial charge in [-0.15, -0.1) is 0 Å². The van der Waals surface area contributed by atoms with Crippen molar-refractivity contribution < 1.29 is 9.53 Å². The van der Waals surface area contributed by atoms with Crippen molar-refractivity contribution in [3.8, 4) is 6.07 Å². The maximum atomic E-state index is 12.6. The number of nitriles is 1. The van der Waals surface area contributed by atoms with Crippen LogP contribution in [0.3, 0.4) is 0 Å². The topological polar surface area (TPSA) is 53.3 Å². The molecule has 4 nitrogen and oxygen atoms in total. The van der Waals surface area contributed by atoms with Gasteiger partial charge in [0.05, 0.1) is 23.7 Å². The van der Waals surface area contributed by atoms with E-state index in [1.165, 1.54) is 0 Å². The van der Waals surface area contributed by atoms with Gasteiger partial charge in [-0.3, -0.25) is 4.79 Å². The Morgan fingerprint density at radius 1 is 1.52 bits per heavy atom. The molecule has 1 saturated heterocycles. The lowest BCUT2D eigenvalue weighted by atomic mass is 9.91. The highest BCUT2D eigenvalue weighted by atomic mass is 16.5. The minimum absolute atomic E-state index is 0.0344. The van der Waals surface area contributed by atoms with Crippen molar-refractivity contribution in [2.45, 2.75) is 38.8 Å². The maximum Gasteiger partial charge on any atom is 0.228 e. The third kappa shape index (κ3) is 3.83. The Kier molecular flexibility index (Phi) is 5.35. The Morgan fingerprint density at radius 2 is 2.33 bits per heavy atom. The van der Waals surface area contributed by atoms with Crippen LogP contribution in [-0.2, 0) is 16.1 Å². The Morgan fingerprint density at radius 3 is 3.05 bits per heavy atom. The molecule has 1 amide bonds. The fourth-order valence-electron chi connectivity index (χ4n) is 2.90. The van der Waals surface area contributed by atoms with Crippen LogP contribution >= 0.6 is 0 Å². The zero-order chi connectivity index (χ0) is 15.2. The molecule has 1 heterocycles. The van der Waals surface area contributed by atoms with Crippen molar-refractivity contribution in [1.29, 1.82) is 5.26 Å². The summed E-state index contributed by atoms with van der Waals surface area (Å²) in [6.07, 6.45) is 2.76. The second-order valence-electron chi connectivity index (χ2n) is 5.57. The Hall–Kier alpha value is -1.86. The normalized spacial score (nSPS) is 21.6. The van der Waals surface area contributed by atoms with Gasteiger partial charge < -0.3 is 9.64 Å². The Labute approximate surface area is 126 Å². The third-order valence-electron chi connectivity index (χ3n) is 4.01. The molecule has 0 aliphatic carbocycles. The van der Waals surface area contributed by atoms with E-state index in [0.29, 0.717) is 12.1 Å². The molecule has 0 spiro atoms. The van der Waals surface area contributed by atoms with E-state index < -0.39 is 0 Å². The summed E-state index contributed by atoms with van der Waals surface area (Å²) in [5.41, 5.74) is 1.61. The van der Waals surface area contributed by atoms with Crippen molar-refractivity contribution in [3.63, 3.8) is 0 Å². The van der Waals surface area contributed by atoms with Gasteiger partial charge in [0.25, 0.3) is 0 Å². The van der Waals surface area contributed by atoms with E-state index in [-0.39, 0.29) is 17.9 Å². The van der Waals surface area contributed by atoms with Crippen molar-refractivity contribution in [2.75, 3.05) is 13.7 Å². The van der Waals surface area contributed by atoms with Crippen LogP contribution in [-0.4, -0.2) is 30.6 Å². The molecule has 0 bridgehead atoms. The smallest absolute Gasteiger partial charge is 0.228 e. The molecule has 0 aromatic heterocycles. The molecule has 1 aromatic carbocycles. The van der Waals surface area contributed by atoms with Gasteiger partial charge in [0.1, 0.15) is 0 Å². The number of nitrogens with zero attached hydrogens (tertiary/aromatic N) is 2. The zero-order valence-electron chi connectivity index (χ0n) is 12.7. The molecule has 0 saturated carbocycles. The standard InChI is InChI=1S/C17H22N2O2/c1-3-16-15(8-5-9-21-16)17(20)19(2)12-14-7-4-6-13(10-14)11-18/h4,6-7,10,15-16H,3,5,8-9,12H2,1-2H3. The molecule has 2 rings (SSSR count). The van der Waals surface area contributed by atoms with Crippen molar-refractivity contribution in [2.24, 2.45) is 5.92 Å². The number of ether oxygens (including phenoxy) is 1. The molecular weight excluding hydrogens is 264 g/mol. The number of amides is 1. The lowest BCUT2D eigenvalue weighted by molar-refractivity contribution is -0.144. The quantitative estimate of drug-likeness (QED) is 0.855. The number of hydrogen-bond acceptors (Lipinski definition) is 3. The first kappa shape index (κ1) is 15.5. The molecule has 1 aliphatic heterocycles. The van der Waals surface area contributed by atoms with E-state index in [2.05, 4.69) is 13.0 Å². The van der Waals surface area contributed by atoms with E-state index >= 15 is 0 Å². The van der Waals surface area contributed by atoms with Crippen LogP contribution in [0.15, 0.2) is 24.3 Å². The van der Waals surface area contributed by atoms with Gasteiger partial charge in [0.15, 0.2) is 0 Å². The summed E-state index contributed by atoms with van der Waals surface area (Å²) >= 11 is 0. The minimum atomic E-state index is -0.0344. The van der Waals surface area contributed by atoms with Crippen LogP contribution in [0.1, 0.15) is 37.3 Å². The average Bonchev–Trinajstić information content (AvgIpc) is 2.54. The molecule has 1 aliphatic rings. The molecule has 1 fully saturated rings.